The molecule has 7 rings (SSSR count). The first-order chi connectivity index (χ1) is 44.5. The third-order valence-corrected chi connectivity index (χ3v) is 30.0. The summed E-state index contributed by atoms with van der Waals surface area (Å²) in [4.78, 5) is 1.63. The molecule has 4 heterocycles. The van der Waals surface area contributed by atoms with Gasteiger partial charge in [0.2, 0.25) is 0 Å². The number of rotatable bonds is 60. The van der Waals surface area contributed by atoms with E-state index in [0.717, 1.165) is 5.75 Å². The number of hydrogen-bond acceptors (Lipinski definition) is 4. The number of allylic oxidation sites excluding steroid dienone is 1. The Morgan fingerprint density at radius 2 is 0.711 bits per heavy atom. The summed E-state index contributed by atoms with van der Waals surface area (Å²) in [7, 11) is 0. The molecule has 3 aromatic rings. The van der Waals surface area contributed by atoms with E-state index in [2.05, 4.69) is 112 Å². The average molecular weight is 1440 g/mol. The fraction of sp³-hybridized carbons (Fsp3) is 0.810. The van der Waals surface area contributed by atoms with Crippen LogP contribution >= 0.6 is 77.6 Å². The van der Waals surface area contributed by atoms with Crippen molar-refractivity contribution in [2.24, 2.45) is 16.7 Å². The number of unbranched alkanes of at least 4 members (excludes halogenated alkanes) is 52. The molecule has 0 aromatic carbocycles. The van der Waals surface area contributed by atoms with Crippen molar-refractivity contribution in [2.75, 3.05) is 5.75 Å². The minimum Gasteiger partial charge on any atom is -0.141 e. The van der Waals surface area contributed by atoms with Gasteiger partial charge in [-0.25, -0.2) is 0 Å². The molecule has 4 aliphatic rings. The molecule has 0 spiro atoms. The zero-order chi connectivity index (χ0) is 63.2. The SMILES string of the molecule is CCCCCCCCCCCCCCCCC1(CCCCCCCCCCCCCCCC)C2=Cc3c4c(sc3=C2C(CCCCCCCCCCCCCCCC)(CCCCCCCCCCCCCCCC)C2C=c3c(sc5c(Br)csc35)=C21)=C(Br)CS4. The van der Waals surface area contributed by atoms with Gasteiger partial charge in [0.1, 0.15) is 0 Å². The van der Waals surface area contributed by atoms with E-state index in [9.17, 15) is 0 Å². The highest BCUT2D eigenvalue weighted by atomic mass is 79.9. The highest BCUT2D eigenvalue weighted by molar-refractivity contribution is 9.15. The normalized spacial score (nSPS) is 16.2. The van der Waals surface area contributed by atoms with E-state index in [1.807, 2.05) is 28.1 Å². The van der Waals surface area contributed by atoms with E-state index in [-0.39, 0.29) is 10.8 Å². The second kappa shape index (κ2) is 46.2. The summed E-state index contributed by atoms with van der Waals surface area (Å²) < 4.78 is 11.0. The second-order valence-electron chi connectivity index (χ2n) is 29.9. The minimum atomic E-state index is 0.0970. The lowest BCUT2D eigenvalue weighted by Gasteiger charge is -2.55. The van der Waals surface area contributed by atoms with Gasteiger partial charge in [-0.3, -0.25) is 0 Å². The molecule has 0 nitrogen and oxygen atoms in total. The monoisotopic (exact) mass is 1430 g/mol. The number of thioether (sulfide) groups is 1. The van der Waals surface area contributed by atoms with Gasteiger partial charge in [-0.05, 0) is 64.4 Å². The van der Waals surface area contributed by atoms with Crippen LogP contribution in [-0.2, 0) is 0 Å². The first kappa shape index (κ1) is 77.2. The molecular formula is C84H138Br2S4. The molecule has 0 saturated heterocycles. The summed E-state index contributed by atoms with van der Waals surface area (Å²) in [6.45, 7) is 9.37. The molecule has 90 heavy (non-hydrogen) atoms. The Labute approximate surface area is 589 Å². The average Bonchev–Trinajstić information content (AvgIpc) is 1.48. The van der Waals surface area contributed by atoms with Crippen molar-refractivity contribution in [3.8, 4) is 0 Å². The summed E-state index contributed by atoms with van der Waals surface area (Å²) in [5, 5.41) is 4.08. The van der Waals surface area contributed by atoms with E-state index in [4.69, 9.17) is 0 Å². The summed E-state index contributed by atoms with van der Waals surface area (Å²) in [5.74, 6) is 1.61. The number of halogens is 2. The first-order valence-corrected chi connectivity index (χ1v) is 45.4. The van der Waals surface area contributed by atoms with Crippen LogP contribution in [0.3, 0.4) is 0 Å². The van der Waals surface area contributed by atoms with Crippen LogP contribution in [0, 0.1) is 16.7 Å². The van der Waals surface area contributed by atoms with Crippen LogP contribution in [0.15, 0.2) is 20.3 Å². The van der Waals surface area contributed by atoms with Crippen LogP contribution in [0.4, 0.5) is 0 Å². The van der Waals surface area contributed by atoms with Crippen LogP contribution < -0.4 is 18.8 Å². The number of thiophene rings is 3. The molecule has 0 N–H and O–H groups in total. The van der Waals surface area contributed by atoms with Crippen LogP contribution in [0.2, 0.25) is 0 Å². The van der Waals surface area contributed by atoms with Gasteiger partial charge in [-0.2, -0.15) is 0 Å². The molecule has 1 saturated carbocycles. The summed E-state index contributed by atoms with van der Waals surface area (Å²) >= 11 is 17.0. The first-order valence-electron chi connectivity index (χ1n) is 40.3. The molecule has 3 aromatic heterocycles. The third-order valence-electron chi connectivity index (χ3n) is 22.6. The summed E-state index contributed by atoms with van der Waals surface area (Å²) in [6.07, 6.45) is 91.6. The van der Waals surface area contributed by atoms with E-state index in [1.54, 1.807) is 34.0 Å². The highest BCUT2D eigenvalue weighted by Crippen LogP contribution is 2.69. The van der Waals surface area contributed by atoms with Gasteiger partial charge in [-0.15, -0.1) is 45.8 Å². The van der Waals surface area contributed by atoms with Crippen molar-refractivity contribution in [2.45, 2.75) is 418 Å². The van der Waals surface area contributed by atoms with Gasteiger partial charge in [0.05, 0.1) is 13.9 Å². The maximum atomic E-state index is 4.20. The lowest BCUT2D eigenvalue weighted by atomic mass is 9.48. The zero-order valence-corrected chi connectivity index (χ0v) is 65.8. The van der Waals surface area contributed by atoms with Crippen LogP contribution in [0.1, 0.15) is 419 Å². The molecule has 512 valence electrons. The Morgan fingerprint density at radius 1 is 0.378 bits per heavy atom. The lowest BCUT2D eigenvalue weighted by molar-refractivity contribution is 0.228. The van der Waals surface area contributed by atoms with Crippen molar-refractivity contribution < 1.29 is 0 Å². The third kappa shape index (κ3) is 24.1. The maximum Gasteiger partial charge on any atom is 0.0605 e. The van der Waals surface area contributed by atoms with Crippen LogP contribution in [-0.4, -0.2) is 5.75 Å². The molecule has 1 fully saturated rings. The van der Waals surface area contributed by atoms with Crippen LogP contribution in [0.25, 0.3) is 37.2 Å². The van der Waals surface area contributed by atoms with Gasteiger partial charge < -0.3 is 0 Å². The summed E-state index contributed by atoms with van der Waals surface area (Å²) in [5.41, 5.74) is 7.61. The topological polar surface area (TPSA) is 0 Å². The Morgan fingerprint density at radius 3 is 1.07 bits per heavy atom. The zero-order valence-electron chi connectivity index (χ0n) is 59.3. The molecule has 3 aliphatic carbocycles. The minimum absolute atomic E-state index is 0.0970. The van der Waals surface area contributed by atoms with Crippen molar-refractivity contribution >= 4 is 115 Å². The van der Waals surface area contributed by atoms with Crippen molar-refractivity contribution in [3.63, 3.8) is 0 Å². The van der Waals surface area contributed by atoms with Gasteiger partial charge >= 0.3 is 0 Å². The predicted octanol–water partition coefficient (Wildman–Crippen LogP) is 29.7. The largest absolute Gasteiger partial charge is 0.141 e. The lowest BCUT2D eigenvalue weighted by Crippen LogP contribution is -2.47. The molecule has 1 aliphatic heterocycles. The Hall–Kier alpha value is -0.110. The van der Waals surface area contributed by atoms with Gasteiger partial charge in [0.15, 0.2) is 0 Å². The van der Waals surface area contributed by atoms with E-state index in [0.29, 0.717) is 5.92 Å². The second-order valence-corrected chi connectivity index (χ2v) is 35.6. The fourth-order valence-corrected chi connectivity index (χ4v) is 24.2. The number of hydrogen-bond donors (Lipinski definition) is 0. The van der Waals surface area contributed by atoms with Crippen molar-refractivity contribution in [1.82, 2.24) is 0 Å². The molecule has 0 bridgehead atoms. The Balaban J connectivity index is 1.14. The molecule has 0 radical (unpaired) electrons. The van der Waals surface area contributed by atoms with E-state index >= 15 is 0 Å². The van der Waals surface area contributed by atoms with E-state index < -0.39 is 0 Å². The van der Waals surface area contributed by atoms with Crippen molar-refractivity contribution in [3.05, 3.63) is 39.8 Å². The Bertz CT molecular complexity index is 2610. The maximum absolute atomic E-state index is 4.20. The quantitative estimate of drug-likeness (QED) is 0.0508. The molecular weight excluding hydrogens is 1300 g/mol. The fourth-order valence-electron chi connectivity index (χ4n) is 17.2. The molecule has 1 atom stereocenters. The smallest absolute Gasteiger partial charge is 0.0605 e. The van der Waals surface area contributed by atoms with Gasteiger partial charge in [0, 0.05) is 61.6 Å². The number of fused-ring (bicyclic) bond motifs is 8. The predicted molar refractivity (Wildman–Crippen MR) is 421 cm³/mol. The van der Waals surface area contributed by atoms with Gasteiger partial charge in [-0.1, -0.05) is 409 Å². The Kier molecular flexibility index (Phi) is 39.7. The highest BCUT2D eigenvalue weighted by Gasteiger charge is 2.59. The van der Waals surface area contributed by atoms with E-state index in [1.165, 1.54) is 399 Å². The standard InChI is InChI=1S/C84H138Br2S4/c1-5-9-13-17-21-25-29-33-37-41-45-49-53-57-61-83(62-58-54-50-46-42-38-34-30-26-22-18-14-10-6-2)71-65-69-78(90-82-74(86)68-87-79(69)82)76(71)84(63-59-55-51-47-43-39-35-31-27-23-19-15-11-7-3,64-60-56-52-48-44-40-36-32-28-24-20-16-12-8-4)72-66-70-77(75(72)83)89-81-73(85)67-88-80(70)81/h65-67,72H,5-64,68H2,1-4H3. The van der Waals surface area contributed by atoms with Crippen molar-refractivity contribution in [1.29, 1.82) is 0 Å². The molecule has 1 unspecified atom stereocenters. The molecule has 0 amide bonds. The summed E-state index contributed by atoms with van der Waals surface area (Å²) in [6, 6.07) is 0. The van der Waals surface area contributed by atoms with Crippen LogP contribution in [0.5, 0.6) is 0 Å². The van der Waals surface area contributed by atoms with Gasteiger partial charge in [0.25, 0.3) is 0 Å². The molecule has 6 heteroatoms.